The van der Waals surface area contributed by atoms with Gasteiger partial charge in [0.1, 0.15) is 11.6 Å². The maximum atomic E-state index is 14.0. The van der Waals surface area contributed by atoms with E-state index in [4.69, 9.17) is 0 Å². The smallest absolute Gasteiger partial charge is 0.256 e. The Labute approximate surface area is 171 Å². The van der Waals surface area contributed by atoms with Gasteiger partial charge in [-0.25, -0.2) is 8.78 Å². The molecule has 2 fully saturated rings. The molecule has 1 aliphatic carbocycles. The lowest BCUT2D eigenvalue weighted by Crippen LogP contribution is -2.58. The predicted molar refractivity (Wildman–Crippen MR) is 108 cm³/mol. The molecule has 2 amide bonds. The van der Waals surface area contributed by atoms with Gasteiger partial charge in [0.2, 0.25) is 5.91 Å². The lowest BCUT2D eigenvalue weighted by Gasteiger charge is -2.42. The van der Waals surface area contributed by atoms with Crippen LogP contribution in [0, 0.1) is 17.6 Å². The van der Waals surface area contributed by atoms with Crippen LogP contribution in [0.3, 0.4) is 0 Å². The Bertz CT molecular complexity index is 725. The van der Waals surface area contributed by atoms with Gasteiger partial charge in [-0.15, -0.1) is 0 Å². The van der Waals surface area contributed by atoms with Crippen molar-refractivity contribution >= 4 is 11.8 Å². The van der Waals surface area contributed by atoms with Crippen LogP contribution in [-0.2, 0) is 4.79 Å². The third-order valence-electron chi connectivity index (χ3n) is 6.33. The Morgan fingerprint density at radius 3 is 2.24 bits per heavy atom. The summed E-state index contributed by atoms with van der Waals surface area (Å²) >= 11 is 0. The number of hydrogen-bond acceptors (Lipinski definition) is 3. The molecule has 7 heteroatoms. The Balaban J connectivity index is 1.69. The summed E-state index contributed by atoms with van der Waals surface area (Å²) in [6.07, 6.45) is 4.46. The molecule has 1 saturated heterocycles. The number of piperazine rings is 1. The second-order valence-corrected chi connectivity index (χ2v) is 7.95. The standard InChI is InChI=1S/C22H31F2N3O2/c1-3-25(4-2)22(29)20(16-7-5-6-8-16)26-11-13-27(14-12-26)21(28)18-10-9-17(23)15-19(18)24/h9-10,15-16,20H,3-8,11-14H2,1-2H3/t20-/m1/s1. The maximum absolute atomic E-state index is 14.0. The van der Waals surface area contributed by atoms with Crippen LogP contribution in [0.15, 0.2) is 18.2 Å². The molecule has 1 atom stereocenters. The van der Waals surface area contributed by atoms with Crippen LogP contribution in [0.4, 0.5) is 8.78 Å². The van der Waals surface area contributed by atoms with Crippen LogP contribution in [0.5, 0.6) is 0 Å². The normalized spacial score (nSPS) is 19.4. The molecule has 1 heterocycles. The first-order chi connectivity index (χ1) is 14.0. The fourth-order valence-corrected chi connectivity index (χ4v) is 4.69. The van der Waals surface area contributed by atoms with Crippen LogP contribution < -0.4 is 0 Å². The van der Waals surface area contributed by atoms with Gasteiger partial charge in [-0.1, -0.05) is 12.8 Å². The molecular weight excluding hydrogens is 376 g/mol. The molecule has 0 bridgehead atoms. The predicted octanol–water partition coefficient (Wildman–Crippen LogP) is 3.15. The monoisotopic (exact) mass is 407 g/mol. The van der Waals surface area contributed by atoms with Crippen LogP contribution in [-0.4, -0.2) is 71.8 Å². The van der Waals surface area contributed by atoms with Gasteiger partial charge >= 0.3 is 0 Å². The first-order valence-corrected chi connectivity index (χ1v) is 10.7. The number of rotatable bonds is 6. The molecule has 3 rings (SSSR count). The zero-order chi connectivity index (χ0) is 21.0. The Morgan fingerprint density at radius 2 is 1.69 bits per heavy atom. The largest absolute Gasteiger partial charge is 0.342 e. The lowest BCUT2D eigenvalue weighted by molar-refractivity contribution is -0.139. The summed E-state index contributed by atoms with van der Waals surface area (Å²) in [4.78, 5) is 31.6. The minimum absolute atomic E-state index is 0.105. The lowest BCUT2D eigenvalue weighted by atomic mass is 9.94. The summed E-state index contributed by atoms with van der Waals surface area (Å²) in [5, 5.41) is 0. The molecule has 0 aromatic heterocycles. The van der Waals surface area contributed by atoms with E-state index in [9.17, 15) is 18.4 Å². The third-order valence-corrected chi connectivity index (χ3v) is 6.33. The summed E-state index contributed by atoms with van der Waals surface area (Å²) in [6.45, 7) is 7.43. The highest BCUT2D eigenvalue weighted by atomic mass is 19.1. The highest BCUT2D eigenvalue weighted by Crippen LogP contribution is 2.32. The van der Waals surface area contributed by atoms with E-state index in [1.807, 2.05) is 18.7 Å². The molecular formula is C22H31F2N3O2. The van der Waals surface area contributed by atoms with E-state index < -0.39 is 17.5 Å². The summed E-state index contributed by atoms with van der Waals surface area (Å²) < 4.78 is 27.1. The second-order valence-electron chi connectivity index (χ2n) is 7.95. The van der Waals surface area contributed by atoms with E-state index in [0.717, 1.165) is 37.8 Å². The molecule has 29 heavy (non-hydrogen) atoms. The van der Waals surface area contributed by atoms with Crippen molar-refractivity contribution in [3.8, 4) is 0 Å². The highest BCUT2D eigenvalue weighted by molar-refractivity contribution is 5.94. The fraction of sp³-hybridized carbons (Fsp3) is 0.636. The molecule has 0 unspecified atom stereocenters. The zero-order valence-electron chi connectivity index (χ0n) is 17.4. The number of likely N-dealkylation sites (N-methyl/N-ethyl adjacent to an activating group) is 1. The van der Waals surface area contributed by atoms with Crippen LogP contribution in [0.1, 0.15) is 49.9 Å². The van der Waals surface area contributed by atoms with E-state index in [0.29, 0.717) is 45.2 Å². The van der Waals surface area contributed by atoms with Crippen molar-refractivity contribution in [2.45, 2.75) is 45.6 Å². The SMILES string of the molecule is CCN(CC)C(=O)[C@@H](C1CCCC1)N1CCN(C(=O)c2ccc(F)cc2F)CC1. The number of halogens is 2. The van der Waals surface area contributed by atoms with Crippen molar-refractivity contribution < 1.29 is 18.4 Å². The quantitative estimate of drug-likeness (QED) is 0.728. The topological polar surface area (TPSA) is 43.9 Å². The summed E-state index contributed by atoms with van der Waals surface area (Å²) in [5.41, 5.74) is -0.105. The summed E-state index contributed by atoms with van der Waals surface area (Å²) in [6, 6.07) is 2.90. The van der Waals surface area contributed by atoms with Gasteiger partial charge in [0.15, 0.2) is 0 Å². The van der Waals surface area contributed by atoms with Crippen molar-refractivity contribution in [1.29, 1.82) is 0 Å². The van der Waals surface area contributed by atoms with Crippen LogP contribution in [0.25, 0.3) is 0 Å². The average molecular weight is 408 g/mol. The number of hydrogen-bond donors (Lipinski definition) is 0. The van der Waals surface area contributed by atoms with Crippen molar-refractivity contribution in [2.75, 3.05) is 39.3 Å². The molecule has 2 aliphatic rings. The molecule has 0 spiro atoms. The Kier molecular flexibility index (Phi) is 7.22. The van der Waals surface area contributed by atoms with Gasteiger partial charge in [0, 0.05) is 45.3 Å². The van der Waals surface area contributed by atoms with Crippen molar-refractivity contribution in [1.82, 2.24) is 14.7 Å². The van der Waals surface area contributed by atoms with E-state index in [1.54, 1.807) is 4.90 Å². The molecule has 1 aromatic rings. The van der Waals surface area contributed by atoms with Gasteiger partial charge in [-0.05, 0) is 44.7 Å². The Morgan fingerprint density at radius 1 is 1.07 bits per heavy atom. The first-order valence-electron chi connectivity index (χ1n) is 10.7. The van der Waals surface area contributed by atoms with E-state index in [2.05, 4.69) is 4.90 Å². The fourth-order valence-electron chi connectivity index (χ4n) is 4.69. The van der Waals surface area contributed by atoms with Gasteiger partial charge in [-0.3, -0.25) is 14.5 Å². The second kappa shape index (κ2) is 9.65. The van der Waals surface area contributed by atoms with Crippen LogP contribution >= 0.6 is 0 Å². The number of carbonyl (C=O) groups excluding carboxylic acids is 2. The minimum atomic E-state index is -0.835. The van der Waals surface area contributed by atoms with Crippen molar-refractivity contribution in [3.05, 3.63) is 35.4 Å². The molecule has 0 radical (unpaired) electrons. The van der Waals surface area contributed by atoms with Crippen molar-refractivity contribution in [3.63, 3.8) is 0 Å². The maximum Gasteiger partial charge on any atom is 0.256 e. The van der Waals surface area contributed by atoms with Gasteiger partial charge < -0.3 is 9.80 Å². The average Bonchev–Trinajstić information content (AvgIpc) is 3.23. The molecule has 1 aliphatic heterocycles. The summed E-state index contributed by atoms with van der Waals surface area (Å²) in [7, 11) is 0. The molecule has 0 N–H and O–H groups in total. The molecule has 5 nitrogen and oxygen atoms in total. The first kappa shape index (κ1) is 21.7. The van der Waals surface area contributed by atoms with E-state index >= 15 is 0 Å². The minimum Gasteiger partial charge on any atom is -0.342 e. The molecule has 1 aromatic carbocycles. The van der Waals surface area contributed by atoms with Gasteiger partial charge in [-0.2, -0.15) is 0 Å². The molecule has 1 saturated carbocycles. The Hall–Kier alpha value is -2.02. The van der Waals surface area contributed by atoms with E-state index in [-0.39, 0.29) is 17.5 Å². The van der Waals surface area contributed by atoms with Crippen molar-refractivity contribution in [2.24, 2.45) is 5.92 Å². The van der Waals surface area contributed by atoms with E-state index in [1.165, 1.54) is 6.07 Å². The number of carbonyl (C=O) groups is 2. The van der Waals surface area contributed by atoms with Gasteiger partial charge in [0.05, 0.1) is 11.6 Å². The van der Waals surface area contributed by atoms with Crippen LogP contribution in [0.2, 0.25) is 0 Å². The number of nitrogens with zero attached hydrogens (tertiary/aromatic N) is 3. The highest BCUT2D eigenvalue weighted by Gasteiger charge is 2.39. The zero-order valence-corrected chi connectivity index (χ0v) is 17.4. The summed E-state index contributed by atoms with van der Waals surface area (Å²) in [5.74, 6) is -1.41. The van der Waals surface area contributed by atoms with Gasteiger partial charge in [0.25, 0.3) is 5.91 Å². The number of benzene rings is 1. The number of amides is 2. The molecule has 160 valence electrons. The third kappa shape index (κ3) is 4.77.